The van der Waals surface area contributed by atoms with Crippen LogP contribution < -0.4 is 0 Å². The molecule has 1 rings (SSSR count). The van der Waals surface area contributed by atoms with Crippen molar-refractivity contribution < 1.29 is 24.9 Å². The van der Waals surface area contributed by atoms with Gasteiger partial charge in [-0.25, -0.2) is 0 Å². The summed E-state index contributed by atoms with van der Waals surface area (Å²) < 4.78 is 0. The minimum atomic E-state index is -0.807. The highest BCUT2D eigenvalue weighted by Gasteiger charge is 2.39. The number of Topliss-reactive ketones (excluding diaryl/α,β-unsaturated/α-hetero) is 1. The number of allylic oxidation sites excluding steroid dienone is 4. The fourth-order valence-electron chi connectivity index (χ4n) is 3.34. The number of hydrogen-bond donors (Lipinski definition) is 3. The molecule has 1 aliphatic rings. The molecule has 0 heterocycles. The Labute approximate surface area is 168 Å². The van der Waals surface area contributed by atoms with E-state index in [1.54, 1.807) is 12.2 Å². The molecule has 0 aliphatic heterocycles. The second-order valence-corrected chi connectivity index (χ2v) is 8.72. The zero-order chi connectivity index (χ0) is 21.3. The lowest BCUT2D eigenvalue weighted by atomic mass is 9.81. The molecule has 28 heavy (non-hydrogen) atoms. The number of carboxylic acid groups (broad SMARTS) is 1. The van der Waals surface area contributed by atoms with Gasteiger partial charge >= 0.3 is 5.97 Å². The van der Waals surface area contributed by atoms with Gasteiger partial charge in [0.15, 0.2) is 0 Å². The minimum Gasteiger partial charge on any atom is -0.481 e. The summed E-state index contributed by atoms with van der Waals surface area (Å²) in [4.78, 5) is 22.8. The summed E-state index contributed by atoms with van der Waals surface area (Å²) in [5, 5.41) is 29.5. The number of aliphatic hydroxyl groups excluding tert-OH is 2. The first-order valence-electron chi connectivity index (χ1n) is 10.1. The fraction of sp³-hybridized carbons (Fsp3) is 0.652. The van der Waals surface area contributed by atoms with Crippen molar-refractivity contribution in [2.24, 2.45) is 17.3 Å². The standard InChI is InChI=1S/C23H36O5/c1-16(2)13-14-23(3,4)21(26)12-11-18-17(19(24)15-20(18)25)9-7-5-6-8-10-22(27)28/h5,7,11-13,17-18,20-21,25-26H,6,8-10,14-15H2,1-4H3,(H,27,28)/b7-5-,12-11+/t17-,18-,20-,21+/m1/s1. The summed E-state index contributed by atoms with van der Waals surface area (Å²) in [5.41, 5.74) is 0.872. The van der Waals surface area contributed by atoms with Crippen molar-refractivity contribution in [3.05, 3.63) is 36.0 Å². The third-order valence-electron chi connectivity index (χ3n) is 5.40. The monoisotopic (exact) mass is 392 g/mol. The van der Waals surface area contributed by atoms with E-state index in [9.17, 15) is 19.8 Å². The number of aliphatic carboxylic acids is 1. The molecule has 0 bridgehead atoms. The maximum absolute atomic E-state index is 12.2. The molecule has 0 aromatic rings. The Morgan fingerprint density at radius 3 is 2.57 bits per heavy atom. The van der Waals surface area contributed by atoms with Crippen LogP contribution in [0, 0.1) is 17.3 Å². The fourth-order valence-corrected chi connectivity index (χ4v) is 3.34. The smallest absolute Gasteiger partial charge is 0.303 e. The molecule has 0 aromatic heterocycles. The Bertz CT molecular complexity index is 610. The van der Waals surface area contributed by atoms with E-state index in [2.05, 4.69) is 6.08 Å². The normalized spacial score (nSPS) is 24.2. The summed E-state index contributed by atoms with van der Waals surface area (Å²) in [6.07, 6.45) is 10.8. The Balaban J connectivity index is 2.68. The van der Waals surface area contributed by atoms with E-state index in [0.29, 0.717) is 19.3 Å². The van der Waals surface area contributed by atoms with Crippen LogP contribution in [0.15, 0.2) is 36.0 Å². The molecule has 4 atom stereocenters. The van der Waals surface area contributed by atoms with Crippen LogP contribution in [0.1, 0.15) is 66.2 Å². The summed E-state index contributed by atoms with van der Waals surface area (Å²) in [7, 11) is 0. The van der Waals surface area contributed by atoms with Gasteiger partial charge in [-0.15, -0.1) is 0 Å². The molecule has 5 nitrogen and oxygen atoms in total. The van der Waals surface area contributed by atoms with Crippen LogP contribution >= 0.6 is 0 Å². The summed E-state index contributed by atoms with van der Waals surface area (Å²) >= 11 is 0. The van der Waals surface area contributed by atoms with E-state index in [1.165, 1.54) is 5.57 Å². The highest BCUT2D eigenvalue weighted by Crippen LogP contribution is 2.34. The highest BCUT2D eigenvalue weighted by atomic mass is 16.4. The molecule has 0 amide bonds. The largest absolute Gasteiger partial charge is 0.481 e. The Morgan fingerprint density at radius 1 is 1.29 bits per heavy atom. The molecule has 1 fully saturated rings. The van der Waals surface area contributed by atoms with Gasteiger partial charge in [0.1, 0.15) is 5.78 Å². The Hall–Kier alpha value is -1.72. The van der Waals surface area contributed by atoms with Gasteiger partial charge in [0.2, 0.25) is 0 Å². The molecule has 0 saturated heterocycles. The van der Waals surface area contributed by atoms with E-state index >= 15 is 0 Å². The topological polar surface area (TPSA) is 94.8 Å². The molecular formula is C23H36O5. The molecule has 158 valence electrons. The third kappa shape index (κ3) is 8.11. The van der Waals surface area contributed by atoms with Crippen molar-refractivity contribution in [1.29, 1.82) is 0 Å². The summed E-state index contributed by atoms with van der Waals surface area (Å²) in [6.45, 7) is 8.04. The van der Waals surface area contributed by atoms with Gasteiger partial charge in [-0.05, 0) is 44.9 Å². The molecular weight excluding hydrogens is 356 g/mol. The molecule has 5 heteroatoms. The first-order chi connectivity index (χ1) is 13.0. The van der Waals surface area contributed by atoms with Gasteiger partial charge in [-0.3, -0.25) is 9.59 Å². The molecule has 1 aliphatic carbocycles. The van der Waals surface area contributed by atoms with Gasteiger partial charge in [0, 0.05) is 24.7 Å². The molecule has 0 radical (unpaired) electrons. The van der Waals surface area contributed by atoms with Crippen molar-refractivity contribution in [3.8, 4) is 0 Å². The van der Waals surface area contributed by atoms with Crippen molar-refractivity contribution in [2.75, 3.05) is 0 Å². The first kappa shape index (κ1) is 24.3. The number of rotatable bonds is 11. The quantitative estimate of drug-likeness (QED) is 0.364. The Morgan fingerprint density at radius 2 is 1.96 bits per heavy atom. The SMILES string of the molecule is CC(C)=CCC(C)(C)[C@@H](O)/C=C/[C@H]1[C@H](O)CC(=O)[C@@H]1C/C=C\CCCC(=O)O. The van der Waals surface area contributed by atoms with Gasteiger partial charge < -0.3 is 15.3 Å². The van der Waals surface area contributed by atoms with Crippen molar-refractivity contribution in [1.82, 2.24) is 0 Å². The van der Waals surface area contributed by atoms with Crippen LogP contribution in [0.5, 0.6) is 0 Å². The van der Waals surface area contributed by atoms with E-state index < -0.39 is 18.2 Å². The number of aliphatic hydroxyl groups is 2. The van der Waals surface area contributed by atoms with Crippen molar-refractivity contribution >= 4 is 11.8 Å². The first-order valence-corrected chi connectivity index (χ1v) is 10.1. The van der Waals surface area contributed by atoms with Gasteiger partial charge in [-0.1, -0.05) is 49.8 Å². The lowest BCUT2D eigenvalue weighted by Gasteiger charge is -2.28. The second-order valence-electron chi connectivity index (χ2n) is 8.72. The summed E-state index contributed by atoms with van der Waals surface area (Å²) in [5.74, 6) is -1.37. The predicted octanol–water partition coefficient (Wildman–Crippen LogP) is 4.05. The van der Waals surface area contributed by atoms with Crippen LogP contribution in [-0.4, -0.2) is 39.3 Å². The number of ketones is 1. The zero-order valence-electron chi connectivity index (χ0n) is 17.6. The van der Waals surface area contributed by atoms with Crippen LogP contribution in [0.2, 0.25) is 0 Å². The number of hydrogen-bond acceptors (Lipinski definition) is 4. The molecule has 0 spiro atoms. The number of carboxylic acids is 1. The summed E-state index contributed by atoms with van der Waals surface area (Å²) in [6, 6.07) is 0. The number of unbranched alkanes of at least 4 members (excludes halogenated alkanes) is 1. The lowest BCUT2D eigenvalue weighted by Crippen LogP contribution is -2.28. The molecule has 0 unspecified atom stereocenters. The third-order valence-corrected chi connectivity index (χ3v) is 5.40. The van der Waals surface area contributed by atoms with Gasteiger partial charge in [-0.2, -0.15) is 0 Å². The zero-order valence-corrected chi connectivity index (χ0v) is 17.6. The van der Waals surface area contributed by atoms with Gasteiger partial charge in [0.25, 0.3) is 0 Å². The van der Waals surface area contributed by atoms with Gasteiger partial charge in [0.05, 0.1) is 12.2 Å². The molecule has 0 aromatic carbocycles. The van der Waals surface area contributed by atoms with Crippen molar-refractivity contribution in [2.45, 2.75) is 78.4 Å². The van der Waals surface area contributed by atoms with E-state index in [0.717, 1.165) is 6.42 Å². The van der Waals surface area contributed by atoms with Crippen molar-refractivity contribution in [3.63, 3.8) is 0 Å². The minimum absolute atomic E-state index is 0.0376. The number of carbonyl (C=O) groups excluding carboxylic acids is 1. The molecule has 1 saturated carbocycles. The number of carbonyl (C=O) groups is 2. The van der Waals surface area contributed by atoms with E-state index in [-0.39, 0.29) is 35.9 Å². The Kier molecular flexibility index (Phi) is 9.83. The molecule has 3 N–H and O–H groups in total. The maximum atomic E-state index is 12.2. The average Bonchev–Trinajstić information content (AvgIpc) is 2.86. The second kappa shape index (κ2) is 11.3. The van der Waals surface area contributed by atoms with Crippen LogP contribution in [0.25, 0.3) is 0 Å². The highest BCUT2D eigenvalue weighted by molar-refractivity contribution is 5.84. The van der Waals surface area contributed by atoms with Crippen LogP contribution in [0.3, 0.4) is 0 Å². The van der Waals surface area contributed by atoms with E-state index in [4.69, 9.17) is 5.11 Å². The van der Waals surface area contributed by atoms with Crippen LogP contribution in [0.4, 0.5) is 0 Å². The average molecular weight is 393 g/mol. The predicted molar refractivity (Wildman–Crippen MR) is 111 cm³/mol. The maximum Gasteiger partial charge on any atom is 0.303 e. The van der Waals surface area contributed by atoms with E-state index in [1.807, 2.05) is 39.8 Å². The lowest BCUT2D eigenvalue weighted by molar-refractivity contribution is -0.137. The van der Waals surface area contributed by atoms with Crippen LogP contribution in [-0.2, 0) is 9.59 Å².